The molecule has 1 saturated heterocycles. The van der Waals surface area contributed by atoms with E-state index in [2.05, 4.69) is 23.7 Å². The van der Waals surface area contributed by atoms with Crippen LogP contribution in [0.3, 0.4) is 0 Å². The topological polar surface area (TPSA) is 29.0 Å². The van der Waals surface area contributed by atoms with Gasteiger partial charge in [0.1, 0.15) is 16.8 Å². The van der Waals surface area contributed by atoms with Crippen molar-refractivity contribution in [3.8, 4) is 0 Å². The van der Waals surface area contributed by atoms with Gasteiger partial charge in [0.15, 0.2) is 0 Å². The van der Waals surface area contributed by atoms with E-state index in [9.17, 15) is 0 Å². The van der Waals surface area contributed by atoms with Gasteiger partial charge in [-0.1, -0.05) is 44.7 Å². The van der Waals surface area contributed by atoms with Crippen molar-refractivity contribution < 1.29 is 0 Å². The molecule has 3 nitrogen and oxygen atoms in total. The molecule has 0 atom stereocenters. The summed E-state index contributed by atoms with van der Waals surface area (Å²) in [5.74, 6) is 2.21. The van der Waals surface area contributed by atoms with Crippen molar-refractivity contribution in [2.24, 2.45) is 0 Å². The Bertz CT molecular complexity index is 424. The quantitative estimate of drug-likeness (QED) is 0.756. The maximum absolute atomic E-state index is 6.28. The molecule has 0 spiro atoms. The van der Waals surface area contributed by atoms with Crippen molar-refractivity contribution in [2.45, 2.75) is 58.8 Å². The van der Waals surface area contributed by atoms with E-state index >= 15 is 0 Å². The Kier molecular flexibility index (Phi) is 5.03. The first-order chi connectivity index (χ1) is 9.09. The van der Waals surface area contributed by atoms with Gasteiger partial charge < -0.3 is 4.90 Å². The Hall–Kier alpha value is -0.830. The number of halogens is 1. The molecule has 4 heteroatoms. The highest BCUT2D eigenvalue weighted by Gasteiger charge is 2.17. The molecule has 1 aromatic rings. The summed E-state index contributed by atoms with van der Waals surface area (Å²) >= 11 is 6.28. The molecule has 0 radical (unpaired) electrons. The molecule has 0 N–H and O–H groups in total. The minimum atomic E-state index is 0.312. The fourth-order valence-corrected chi connectivity index (χ4v) is 2.69. The zero-order valence-corrected chi connectivity index (χ0v) is 13.0. The van der Waals surface area contributed by atoms with Crippen molar-refractivity contribution in [3.63, 3.8) is 0 Å². The minimum absolute atomic E-state index is 0.312. The van der Waals surface area contributed by atoms with Gasteiger partial charge in [0.25, 0.3) is 0 Å². The summed E-state index contributed by atoms with van der Waals surface area (Å²) in [6.45, 7) is 8.43. The van der Waals surface area contributed by atoms with Gasteiger partial charge in [-0.25, -0.2) is 9.97 Å². The maximum atomic E-state index is 6.28. The van der Waals surface area contributed by atoms with E-state index in [0.717, 1.165) is 30.3 Å². The second-order valence-corrected chi connectivity index (χ2v) is 6.09. The van der Waals surface area contributed by atoms with Crippen molar-refractivity contribution in [3.05, 3.63) is 16.5 Å². The lowest BCUT2D eigenvalue weighted by Crippen LogP contribution is -2.29. The Morgan fingerprint density at radius 3 is 2.16 bits per heavy atom. The summed E-state index contributed by atoms with van der Waals surface area (Å²) in [6, 6.07) is 0. The van der Waals surface area contributed by atoms with E-state index in [1.165, 1.54) is 32.1 Å². The number of rotatable bonds is 2. The molecule has 1 aliphatic heterocycles. The summed E-state index contributed by atoms with van der Waals surface area (Å²) in [6.07, 6.45) is 6.52. The lowest BCUT2D eigenvalue weighted by atomic mass is 10.1. The highest BCUT2D eigenvalue weighted by Crippen LogP contribution is 2.27. The van der Waals surface area contributed by atoms with Gasteiger partial charge in [-0.15, -0.1) is 0 Å². The second kappa shape index (κ2) is 6.56. The molecule has 0 bridgehead atoms. The second-order valence-electron chi connectivity index (χ2n) is 5.73. The molecule has 0 aliphatic carbocycles. The molecular formula is C15H24ClN3. The molecule has 0 saturated carbocycles. The number of hydrogen-bond donors (Lipinski definition) is 0. The van der Waals surface area contributed by atoms with Crippen LogP contribution in [0.2, 0.25) is 5.15 Å². The van der Waals surface area contributed by atoms with Crippen molar-refractivity contribution in [2.75, 3.05) is 18.0 Å². The highest BCUT2D eigenvalue weighted by molar-refractivity contribution is 6.30. The van der Waals surface area contributed by atoms with E-state index in [1.54, 1.807) is 0 Å². The van der Waals surface area contributed by atoms with Crippen LogP contribution in [-0.2, 0) is 0 Å². The first kappa shape index (κ1) is 14.6. The standard InChI is InChI=1S/C15H24ClN3/c1-11(2)14-17-13(16)12(3)15(18-14)19-9-7-5-4-6-8-10-19/h11H,4-10H2,1-3H3. The summed E-state index contributed by atoms with van der Waals surface area (Å²) < 4.78 is 0. The van der Waals surface area contributed by atoms with Crippen LogP contribution in [0.25, 0.3) is 0 Å². The van der Waals surface area contributed by atoms with Crippen LogP contribution in [-0.4, -0.2) is 23.1 Å². The summed E-state index contributed by atoms with van der Waals surface area (Å²) in [4.78, 5) is 11.6. The molecule has 0 amide bonds. The van der Waals surface area contributed by atoms with E-state index < -0.39 is 0 Å². The Morgan fingerprint density at radius 1 is 1.00 bits per heavy atom. The number of aromatic nitrogens is 2. The van der Waals surface area contributed by atoms with E-state index in [-0.39, 0.29) is 0 Å². The molecule has 1 aliphatic rings. The third-order valence-electron chi connectivity index (χ3n) is 3.75. The van der Waals surface area contributed by atoms with Gasteiger partial charge in [0.05, 0.1) is 0 Å². The van der Waals surface area contributed by atoms with Crippen molar-refractivity contribution in [1.29, 1.82) is 0 Å². The molecule has 0 unspecified atom stereocenters. The zero-order chi connectivity index (χ0) is 13.8. The molecule has 0 aromatic carbocycles. The zero-order valence-electron chi connectivity index (χ0n) is 12.2. The Morgan fingerprint density at radius 2 is 1.58 bits per heavy atom. The summed E-state index contributed by atoms with van der Waals surface area (Å²) in [5, 5.41) is 0.607. The summed E-state index contributed by atoms with van der Waals surface area (Å²) in [5.41, 5.74) is 1.02. The van der Waals surface area contributed by atoms with Crippen molar-refractivity contribution >= 4 is 17.4 Å². The SMILES string of the molecule is Cc1c(Cl)nc(C(C)C)nc1N1CCCCCCC1. The minimum Gasteiger partial charge on any atom is -0.356 e. The van der Waals surface area contributed by atoms with Crippen LogP contribution in [0.5, 0.6) is 0 Å². The Balaban J connectivity index is 2.30. The third kappa shape index (κ3) is 3.59. The van der Waals surface area contributed by atoms with E-state index in [1.807, 2.05) is 6.92 Å². The third-order valence-corrected chi connectivity index (χ3v) is 4.12. The predicted molar refractivity (Wildman–Crippen MR) is 81.2 cm³/mol. The fourth-order valence-electron chi connectivity index (χ4n) is 2.52. The fraction of sp³-hybridized carbons (Fsp3) is 0.733. The number of anilines is 1. The number of nitrogens with zero attached hydrogens (tertiary/aromatic N) is 3. The monoisotopic (exact) mass is 281 g/mol. The Labute approximate surface area is 121 Å². The smallest absolute Gasteiger partial charge is 0.137 e. The van der Waals surface area contributed by atoms with Gasteiger partial charge in [-0.3, -0.25) is 0 Å². The lowest BCUT2D eigenvalue weighted by molar-refractivity contribution is 0.551. The molecular weight excluding hydrogens is 258 g/mol. The van der Waals surface area contributed by atoms with Gasteiger partial charge >= 0.3 is 0 Å². The molecule has 1 aromatic heterocycles. The molecule has 2 rings (SSSR count). The molecule has 2 heterocycles. The largest absolute Gasteiger partial charge is 0.356 e. The normalized spacial score (nSPS) is 17.4. The van der Waals surface area contributed by atoms with Crippen LogP contribution < -0.4 is 4.90 Å². The van der Waals surface area contributed by atoms with Gasteiger partial charge in [-0.05, 0) is 19.8 Å². The van der Waals surface area contributed by atoms with Crippen molar-refractivity contribution in [1.82, 2.24) is 9.97 Å². The van der Waals surface area contributed by atoms with E-state index in [0.29, 0.717) is 11.1 Å². The van der Waals surface area contributed by atoms with Crippen LogP contribution in [0.1, 0.15) is 63.3 Å². The van der Waals surface area contributed by atoms with Crippen LogP contribution >= 0.6 is 11.6 Å². The van der Waals surface area contributed by atoms with Crippen LogP contribution in [0, 0.1) is 6.92 Å². The van der Waals surface area contributed by atoms with Gasteiger partial charge in [0.2, 0.25) is 0 Å². The van der Waals surface area contributed by atoms with E-state index in [4.69, 9.17) is 16.6 Å². The maximum Gasteiger partial charge on any atom is 0.137 e. The molecule has 106 valence electrons. The highest BCUT2D eigenvalue weighted by atomic mass is 35.5. The first-order valence-corrected chi connectivity index (χ1v) is 7.76. The van der Waals surface area contributed by atoms with Gasteiger partial charge in [-0.2, -0.15) is 0 Å². The first-order valence-electron chi connectivity index (χ1n) is 7.38. The molecule has 1 fully saturated rings. The van der Waals surface area contributed by atoms with Gasteiger partial charge in [0, 0.05) is 24.6 Å². The summed E-state index contributed by atoms with van der Waals surface area (Å²) in [7, 11) is 0. The van der Waals surface area contributed by atoms with Crippen LogP contribution in [0.4, 0.5) is 5.82 Å². The predicted octanol–water partition coefficient (Wildman–Crippen LogP) is 4.33. The lowest BCUT2D eigenvalue weighted by Gasteiger charge is -2.28. The number of hydrogen-bond acceptors (Lipinski definition) is 3. The molecule has 19 heavy (non-hydrogen) atoms. The van der Waals surface area contributed by atoms with Crippen LogP contribution in [0.15, 0.2) is 0 Å². The average Bonchev–Trinajstić information content (AvgIpc) is 2.32. The average molecular weight is 282 g/mol.